The molecule has 0 bridgehead atoms. The zero-order valence-electron chi connectivity index (χ0n) is 22.2. The molecule has 1 amide bonds. The summed E-state index contributed by atoms with van der Waals surface area (Å²) >= 11 is 0. The van der Waals surface area contributed by atoms with E-state index in [-0.39, 0.29) is 24.2 Å². The third kappa shape index (κ3) is 5.52. The van der Waals surface area contributed by atoms with Crippen LogP contribution in [-0.4, -0.2) is 47.9 Å². The number of aromatic nitrogens is 1. The molecule has 4 aromatic rings. The number of carbonyl (C=O) groups is 1. The quantitative estimate of drug-likeness (QED) is 0.364. The topological polar surface area (TPSA) is 64.1 Å². The minimum atomic E-state index is -0.303. The second kappa shape index (κ2) is 11.6. The SMILES string of the molecule is O=C(CC1c2ccccc2N=C(N2CCN(c3ccncc3)CC2)N1c1ccc(F)cc1)NCc1ccccc1. The Morgan fingerprint density at radius 1 is 0.800 bits per heavy atom. The van der Waals surface area contributed by atoms with E-state index in [1.54, 1.807) is 12.1 Å². The average molecular weight is 535 g/mol. The summed E-state index contributed by atoms with van der Waals surface area (Å²) in [5.41, 5.74) is 4.82. The second-order valence-corrected chi connectivity index (χ2v) is 9.98. The van der Waals surface area contributed by atoms with Crippen LogP contribution >= 0.6 is 0 Å². The number of nitrogens with zero attached hydrogens (tertiary/aromatic N) is 5. The molecule has 40 heavy (non-hydrogen) atoms. The van der Waals surface area contributed by atoms with E-state index in [2.05, 4.69) is 25.0 Å². The van der Waals surface area contributed by atoms with Gasteiger partial charge < -0.3 is 20.0 Å². The number of halogens is 1. The Balaban J connectivity index is 1.30. The molecule has 1 N–H and O–H groups in total. The summed E-state index contributed by atoms with van der Waals surface area (Å²) in [6.45, 7) is 3.62. The first-order valence-corrected chi connectivity index (χ1v) is 13.6. The lowest BCUT2D eigenvalue weighted by molar-refractivity contribution is -0.121. The van der Waals surface area contributed by atoms with Gasteiger partial charge in [-0.1, -0.05) is 48.5 Å². The highest BCUT2D eigenvalue weighted by Gasteiger charge is 2.36. The second-order valence-electron chi connectivity index (χ2n) is 9.98. The summed E-state index contributed by atoms with van der Waals surface area (Å²) in [5, 5.41) is 3.09. The van der Waals surface area contributed by atoms with Crippen LogP contribution in [-0.2, 0) is 11.3 Å². The standard InChI is InChI=1S/C32H31FN6O/c33-25-10-12-27(13-11-25)39-30(22-31(40)35-23-24-6-2-1-3-7-24)28-8-4-5-9-29(28)36-32(39)38-20-18-37(19-21-38)26-14-16-34-17-15-26/h1-17,30H,18-23H2,(H,35,40). The zero-order valence-corrected chi connectivity index (χ0v) is 22.2. The summed E-state index contributed by atoms with van der Waals surface area (Å²) < 4.78 is 14.0. The van der Waals surface area contributed by atoms with Gasteiger partial charge in [0.15, 0.2) is 0 Å². The lowest BCUT2D eigenvalue weighted by Crippen LogP contribution is -2.55. The Labute approximate surface area is 233 Å². The van der Waals surface area contributed by atoms with E-state index in [0.717, 1.165) is 60.3 Å². The molecule has 2 aliphatic rings. The molecule has 7 nitrogen and oxygen atoms in total. The fourth-order valence-corrected chi connectivity index (χ4v) is 5.40. The number of aliphatic imine (C=N–C) groups is 1. The van der Waals surface area contributed by atoms with Crippen LogP contribution in [0.3, 0.4) is 0 Å². The van der Waals surface area contributed by atoms with Crippen LogP contribution in [0.15, 0.2) is 108 Å². The predicted molar refractivity (Wildman–Crippen MR) is 156 cm³/mol. The van der Waals surface area contributed by atoms with Gasteiger partial charge in [0, 0.05) is 62.1 Å². The molecule has 0 radical (unpaired) electrons. The number of guanidine groups is 1. The fourth-order valence-electron chi connectivity index (χ4n) is 5.40. The molecule has 1 unspecified atom stereocenters. The molecular formula is C32H31FN6O. The van der Waals surface area contributed by atoms with Crippen molar-refractivity contribution in [3.63, 3.8) is 0 Å². The van der Waals surface area contributed by atoms with Gasteiger partial charge in [0.25, 0.3) is 0 Å². The van der Waals surface area contributed by atoms with Crippen LogP contribution in [0.1, 0.15) is 23.6 Å². The van der Waals surface area contributed by atoms with Gasteiger partial charge in [0.2, 0.25) is 11.9 Å². The molecule has 3 heterocycles. The number of rotatable bonds is 6. The van der Waals surface area contributed by atoms with Crippen molar-refractivity contribution in [2.24, 2.45) is 4.99 Å². The van der Waals surface area contributed by atoms with E-state index >= 15 is 0 Å². The predicted octanol–water partition coefficient (Wildman–Crippen LogP) is 5.30. The molecule has 1 atom stereocenters. The molecule has 1 saturated heterocycles. The number of anilines is 2. The van der Waals surface area contributed by atoms with Crippen molar-refractivity contribution in [3.8, 4) is 0 Å². The molecule has 1 fully saturated rings. The molecule has 1 aromatic heterocycles. The van der Waals surface area contributed by atoms with Crippen LogP contribution in [0.2, 0.25) is 0 Å². The first kappa shape index (κ1) is 25.6. The first-order chi connectivity index (χ1) is 19.7. The number of nitrogens with one attached hydrogen (secondary N) is 1. The minimum Gasteiger partial charge on any atom is -0.368 e. The van der Waals surface area contributed by atoms with Crippen molar-refractivity contribution in [2.45, 2.75) is 19.0 Å². The fraction of sp³-hybridized carbons (Fsp3) is 0.219. The van der Waals surface area contributed by atoms with E-state index < -0.39 is 0 Å². The van der Waals surface area contributed by atoms with Crippen LogP contribution < -0.4 is 15.1 Å². The average Bonchev–Trinajstić information content (AvgIpc) is 3.01. The highest BCUT2D eigenvalue weighted by atomic mass is 19.1. The minimum absolute atomic E-state index is 0.0560. The summed E-state index contributed by atoms with van der Waals surface area (Å²) in [6.07, 6.45) is 3.86. The number of amides is 1. The van der Waals surface area contributed by atoms with Crippen molar-refractivity contribution in [3.05, 3.63) is 120 Å². The molecule has 202 valence electrons. The highest BCUT2D eigenvalue weighted by Crippen LogP contribution is 2.40. The van der Waals surface area contributed by atoms with Gasteiger partial charge in [-0.25, -0.2) is 9.38 Å². The first-order valence-electron chi connectivity index (χ1n) is 13.6. The molecule has 2 aliphatic heterocycles. The molecule has 0 spiro atoms. The maximum absolute atomic E-state index is 14.0. The molecule has 0 saturated carbocycles. The Bertz CT molecular complexity index is 1470. The maximum atomic E-state index is 14.0. The van der Waals surface area contributed by atoms with Gasteiger partial charge in [-0.3, -0.25) is 9.78 Å². The smallest absolute Gasteiger partial charge is 0.222 e. The molecule has 8 heteroatoms. The Morgan fingerprint density at radius 2 is 1.48 bits per heavy atom. The van der Waals surface area contributed by atoms with Gasteiger partial charge in [-0.05, 0) is 48.0 Å². The molecule has 6 rings (SSSR count). The van der Waals surface area contributed by atoms with E-state index in [1.165, 1.54) is 12.1 Å². The van der Waals surface area contributed by atoms with Gasteiger partial charge in [0.05, 0.1) is 18.2 Å². The van der Waals surface area contributed by atoms with Gasteiger partial charge in [-0.15, -0.1) is 0 Å². The van der Waals surface area contributed by atoms with Gasteiger partial charge >= 0.3 is 0 Å². The van der Waals surface area contributed by atoms with Crippen molar-refractivity contribution in [2.75, 3.05) is 36.0 Å². The van der Waals surface area contributed by atoms with Crippen molar-refractivity contribution < 1.29 is 9.18 Å². The molecule has 3 aromatic carbocycles. The number of piperazine rings is 1. The van der Waals surface area contributed by atoms with E-state index in [1.807, 2.05) is 79.1 Å². The van der Waals surface area contributed by atoms with E-state index in [0.29, 0.717) is 6.54 Å². The summed E-state index contributed by atoms with van der Waals surface area (Å²) in [4.78, 5) is 29.3. The van der Waals surface area contributed by atoms with Gasteiger partial charge in [0.1, 0.15) is 5.82 Å². The molecular weight excluding hydrogens is 503 g/mol. The normalized spacial score (nSPS) is 16.8. The number of para-hydroxylation sites is 1. The number of fused-ring (bicyclic) bond motifs is 1. The Kier molecular flexibility index (Phi) is 7.39. The third-order valence-electron chi connectivity index (χ3n) is 7.45. The van der Waals surface area contributed by atoms with E-state index in [9.17, 15) is 9.18 Å². The number of carbonyl (C=O) groups excluding carboxylic acids is 1. The molecule has 0 aliphatic carbocycles. The summed E-state index contributed by atoms with van der Waals surface area (Å²) in [5.74, 6) is 0.419. The van der Waals surface area contributed by atoms with Crippen LogP contribution in [0.4, 0.5) is 21.5 Å². The summed E-state index contributed by atoms with van der Waals surface area (Å²) in [6, 6.07) is 28.1. The van der Waals surface area contributed by atoms with Gasteiger partial charge in [-0.2, -0.15) is 0 Å². The monoisotopic (exact) mass is 534 g/mol. The zero-order chi connectivity index (χ0) is 27.3. The maximum Gasteiger partial charge on any atom is 0.222 e. The van der Waals surface area contributed by atoms with Crippen LogP contribution in [0, 0.1) is 5.82 Å². The highest BCUT2D eigenvalue weighted by molar-refractivity contribution is 6.01. The lowest BCUT2D eigenvalue weighted by atomic mass is 9.97. The number of benzene rings is 3. The third-order valence-corrected chi connectivity index (χ3v) is 7.45. The summed E-state index contributed by atoms with van der Waals surface area (Å²) in [7, 11) is 0. The Morgan fingerprint density at radius 3 is 2.23 bits per heavy atom. The lowest BCUT2D eigenvalue weighted by Gasteiger charge is -2.45. The van der Waals surface area contributed by atoms with Crippen molar-refractivity contribution in [1.29, 1.82) is 0 Å². The Hall–Kier alpha value is -4.72. The number of hydrogen-bond donors (Lipinski definition) is 1. The number of hydrogen-bond acceptors (Lipinski definition) is 6. The van der Waals surface area contributed by atoms with Crippen LogP contribution in [0.5, 0.6) is 0 Å². The van der Waals surface area contributed by atoms with Crippen molar-refractivity contribution in [1.82, 2.24) is 15.2 Å². The van der Waals surface area contributed by atoms with Crippen molar-refractivity contribution >= 4 is 28.9 Å². The number of pyridine rings is 1. The van der Waals surface area contributed by atoms with E-state index in [4.69, 9.17) is 4.99 Å². The largest absolute Gasteiger partial charge is 0.368 e. The van der Waals surface area contributed by atoms with Crippen LogP contribution in [0.25, 0.3) is 0 Å².